The standard InChI is InChI=1S/C18H23N3O6/c1-26-14-8-3-2-6-12(14)18(25)20-10-16(23)27-11-15(22)21-9-5-4-7-13(21)17(19)24/h2-3,6,8,13H,4-5,7,9-11H2,1H3,(H2,19,24)(H,20,25)/t13-/m1/s1. The lowest BCUT2D eigenvalue weighted by Gasteiger charge is -2.33. The van der Waals surface area contributed by atoms with E-state index in [1.54, 1.807) is 24.3 Å². The average Bonchev–Trinajstić information content (AvgIpc) is 2.69. The van der Waals surface area contributed by atoms with Crippen molar-refractivity contribution < 1.29 is 28.7 Å². The molecule has 0 bridgehead atoms. The van der Waals surface area contributed by atoms with Gasteiger partial charge in [0.25, 0.3) is 11.8 Å². The van der Waals surface area contributed by atoms with Gasteiger partial charge in [0.1, 0.15) is 18.3 Å². The summed E-state index contributed by atoms with van der Waals surface area (Å²) >= 11 is 0. The Kier molecular flexibility index (Phi) is 7.16. The third-order valence-corrected chi connectivity index (χ3v) is 4.25. The van der Waals surface area contributed by atoms with E-state index >= 15 is 0 Å². The van der Waals surface area contributed by atoms with Crippen molar-refractivity contribution in [3.63, 3.8) is 0 Å². The lowest BCUT2D eigenvalue weighted by atomic mass is 10.0. The minimum atomic E-state index is -0.765. The number of rotatable bonds is 7. The fourth-order valence-corrected chi connectivity index (χ4v) is 2.88. The Balaban J connectivity index is 1.81. The molecule has 1 saturated heterocycles. The zero-order valence-corrected chi connectivity index (χ0v) is 15.1. The van der Waals surface area contributed by atoms with E-state index in [1.165, 1.54) is 12.0 Å². The fraction of sp³-hybridized carbons (Fsp3) is 0.444. The van der Waals surface area contributed by atoms with Gasteiger partial charge in [0.15, 0.2) is 6.61 Å². The van der Waals surface area contributed by atoms with Crippen LogP contribution in [0.4, 0.5) is 0 Å². The van der Waals surface area contributed by atoms with Gasteiger partial charge in [-0.3, -0.25) is 19.2 Å². The highest BCUT2D eigenvalue weighted by Gasteiger charge is 2.31. The molecule has 0 saturated carbocycles. The fourth-order valence-electron chi connectivity index (χ4n) is 2.88. The van der Waals surface area contributed by atoms with Crippen LogP contribution >= 0.6 is 0 Å². The molecule has 0 aliphatic carbocycles. The van der Waals surface area contributed by atoms with E-state index < -0.39 is 42.9 Å². The molecule has 1 heterocycles. The van der Waals surface area contributed by atoms with E-state index in [1.807, 2.05) is 0 Å². The van der Waals surface area contributed by atoms with E-state index in [2.05, 4.69) is 5.32 Å². The second-order valence-corrected chi connectivity index (χ2v) is 6.04. The van der Waals surface area contributed by atoms with Gasteiger partial charge in [-0.2, -0.15) is 0 Å². The Morgan fingerprint density at radius 3 is 2.67 bits per heavy atom. The number of ether oxygens (including phenoxy) is 2. The normalized spacial score (nSPS) is 16.3. The van der Waals surface area contributed by atoms with Crippen molar-refractivity contribution in [1.29, 1.82) is 0 Å². The molecule has 3 N–H and O–H groups in total. The van der Waals surface area contributed by atoms with Gasteiger partial charge in [-0.25, -0.2) is 0 Å². The van der Waals surface area contributed by atoms with Gasteiger partial charge in [0, 0.05) is 6.54 Å². The monoisotopic (exact) mass is 377 g/mol. The lowest BCUT2D eigenvalue weighted by Crippen LogP contribution is -2.51. The van der Waals surface area contributed by atoms with Crippen LogP contribution in [-0.4, -0.2) is 61.4 Å². The minimum Gasteiger partial charge on any atom is -0.496 e. The van der Waals surface area contributed by atoms with Gasteiger partial charge in [-0.15, -0.1) is 0 Å². The summed E-state index contributed by atoms with van der Waals surface area (Å²) in [6.07, 6.45) is 2.08. The molecule has 1 aromatic carbocycles. The summed E-state index contributed by atoms with van der Waals surface area (Å²) in [6.45, 7) is -0.509. The Morgan fingerprint density at radius 1 is 1.22 bits per heavy atom. The molecule has 1 fully saturated rings. The third kappa shape index (κ3) is 5.44. The Hall–Kier alpha value is -3.10. The molecule has 0 aromatic heterocycles. The molecule has 1 aliphatic rings. The second kappa shape index (κ2) is 9.56. The first kappa shape index (κ1) is 20.2. The molecule has 146 valence electrons. The number of nitrogens with zero attached hydrogens (tertiary/aromatic N) is 1. The van der Waals surface area contributed by atoms with E-state index in [0.29, 0.717) is 18.7 Å². The topological polar surface area (TPSA) is 128 Å². The molecule has 9 heteroatoms. The zero-order valence-electron chi connectivity index (χ0n) is 15.1. The van der Waals surface area contributed by atoms with Crippen molar-refractivity contribution in [3.8, 4) is 5.75 Å². The van der Waals surface area contributed by atoms with Crippen LogP contribution in [0.3, 0.4) is 0 Å². The largest absolute Gasteiger partial charge is 0.496 e. The van der Waals surface area contributed by atoms with Gasteiger partial charge in [-0.1, -0.05) is 12.1 Å². The highest BCUT2D eigenvalue weighted by Crippen LogP contribution is 2.17. The number of amides is 3. The van der Waals surface area contributed by atoms with Crippen molar-refractivity contribution in [2.24, 2.45) is 5.73 Å². The molecule has 0 spiro atoms. The SMILES string of the molecule is COc1ccccc1C(=O)NCC(=O)OCC(=O)N1CCCC[C@@H]1C(N)=O. The first-order valence-corrected chi connectivity index (χ1v) is 8.59. The number of carbonyl (C=O) groups excluding carboxylic acids is 4. The van der Waals surface area contributed by atoms with Crippen LogP contribution in [0.15, 0.2) is 24.3 Å². The van der Waals surface area contributed by atoms with Crippen LogP contribution in [0.25, 0.3) is 0 Å². The van der Waals surface area contributed by atoms with Gasteiger partial charge in [-0.05, 0) is 31.4 Å². The second-order valence-electron chi connectivity index (χ2n) is 6.04. The molecule has 9 nitrogen and oxygen atoms in total. The third-order valence-electron chi connectivity index (χ3n) is 4.25. The van der Waals surface area contributed by atoms with Crippen molar-refractivity contribution in [3.05, 3.63) is 29.8 Å². The number of likely N-dealkylation sites (tertiary alicyclic amines) is 1. The summed E-state index contributed by atoms with van der Waals surface area (Å²) in [5.74, 6) is -1.94. The van der Waals surface area contributed by atoms with Gasteiger partial charge >= 0.3 is 5.97 Å². The number of esters is 1. The van der Waals surface area contributed by atoms with Crippen molar-refractivity contribution in [1.82, 2.24) is 10.2 Å². The molecule has 1 atom stereocenters. The molecule has 0 radical (unpaired) electrons. The van der Waals surface area contributed by atoms with E-state index in [9.17, 15) is 19.2 Å². The molecular formula is C18H23N3O6. The summed E-state index contributed by atoms with van der Waals surface area (Å²) in [7, 11) is 1.44. The van der Waals surface area contributed by atoms with Crippen molar-refractivity contribution >= 4 is 23.7 Å². The number of nitrogens with one attached hydrogen (secondary N) is 1. The number of methoxy groups -OCH3 is 1. The Bertz CT molecular complexity index is 721. The van der Waals surface area contributed by atoms with Crippen LogP contribution in [0, 0.1) is 0 Å². The van der Waals surface area contributed by atoms with Gasteiger partial charge < -0.3 is 25.4 Å². The van der Waals surface area contributed by atoms with Crippen LogP contribution < -0.4 is 15.8 Å². The maximum absolute atomic E-state index is 12.2. The summed E-state index contributed by atoms with van der Waals surface area (Å²) in [5, 5.41) is 2.41. The quantitative estimate of drug-likeness (QED) is 0.635. The van der Waals surface area contributed by atoms with Crippen LogP contribution in [0.5, 0.6) is 5.75 Å². The van der Waals surface area contributed by atoms with Gasteiger partial charge in [0.05, 0.1) is 12.7 Å². The Labute approximate surface area is 156 Å². The molecule has 2 rings (SSSR count). The molecule has 1 aromatic rings. The number of carbonyl (C=O) groups is 4. The number of hydrogen-bond acceptors (Lipinski definition) is 6. The van der Waals surface area contributed by atoms with E-state index in [4.69, 9.17) is 15.2 Å². The zero-order chi connectivity index (χ0) is 19.8. The van der Waals surface area contributed by atoms with E-state index in [-0.39, 0.29) is 5.56 Å². The Morgan fingerprint density at radius 2 is 1.96 bits per heavy atom. The first-order chi connectivity index (χ1) is 12.9. The minimum absolute atomic E-state index is 0.279. The number of hydrogen-bond donors (Lipinski definition) is 2. The maximum atomic E-state index is 12.2. The number of benzene rings is 1. The van der Waals surface area contributed by atoms with Crippen molar-refractivity contribution in [2.75, 3.05) is 26.8 Å². The molecule has 3 amide bonds. The lowest BCUT2D eigenvalue weighted by molar-refractivity contribution is -0.154. The molecule has 1 aliphatic heterocycles. The highest BCUT2D eigenvalue weighted by molar-refractivity contribution is 5.98. The van der Waals surface area contributed by atoms with E-state index in [0.717, 1.165) is 12.8 Å². The van der Waals surface area contributed by atoms with Gasteiger partial charge in [0.2, 0.25) is 5.91 Å². The maximum Gasteiger partial charge on any atom is 0.325 e. The first-order valence-electron chi connectivity index (χ1n) is 8.59. The summed E-state index contributed by atoms with van der Waals surface area (Å²) in [6, 6.07) is 5.90. The van der Waals surface area contributed by atoms with Crippen LogP contribution in [0.1, 0.15) is 29.6 Å². The summed E-state index contributed by atoms with van der Waals surface area (Å²) in [4.78, 5) is 48.9. The number of nitrogens with two attached hydrogens (primary N) is 1. The summed E-state index contributed by atoms with van der Waals surface area (Å²) in [5.41, 5.74) is 5.59. The molecule has 0 unspecified atom stereocenters. The van der Waals surface area contributed by atoms with Crippen LogP contribution in [-0.2, 0) is 19.1 Å². The number of primary amides is 1. The summed E-state index contributed by atoms with van der Waals surface area (Å²) < 4.78 is 9.98. The number of piperidine rings is 1. The smallest absolute Gasteiger partial charge is 0.325 e. The van der Waals surface area contributed by atoms with Crippen LogP contribution in [0.2, 0.25) is 0 Å². The highest BCUT2D eigenvalue weighted by atomic mass is 16.5. The van der Waals surface area contributed by atoms with Crippen molar-refractivity contribution in [2.45, 2.75) is 25.3 Å². The molecule has 27 heavy (non-hydrogen) atoms. The average molecular weight is 377 g/mol. The molecular weight excluding hydrogens is 354 g/mol. The predicted octanol–water partition coefficient (Wildman–Crippen LogP) is -0.165. The number of para-hydroxylation sites is 1. The predicted molar refractivity (Wildman–Crippen MR) is 94.8 cm³/mol.